The molecule has 5 nitrogen and oxygen atoms in total. The average molecular weight is 420 g/mol. The molecule has 162 valence electrons. The maximum atomic E-state index is 10.6. The second-order valence-corrected chi connectivity index (χ2v) is 8.00. The van der Waals surface area contributed by atoms with Crippen molar-refractivity contribution in [1.82, 2.24) is 4.90 Å². The molecule has 31 heavy (non-hydrogen) atoms. The summed E-state index contributed by atoms with van der Waals surface area (Å²) in [7, 11) is 0. The molecule has 0 aromatic heterocycles. The number of aliphatic hydroxyl groups excluding tert-OH is 1. The molecule has 1 N–H and O–H groups in total. The van der Waals surface area contributed by atoms with Crippen molar-refractivity contribution in [2.75, 3.05) is 19.9 Å². The van der Waals surface area contributed by atoms with Gasteiger partial charge < -0.3 is 19.3 Å². The Morgan fingerprint density at radius 3 is 2.39 bits per heavy atom. The third-order valence-corrected chi connectivity index (χ3v) is 5.26. The van der Waals surface area contributed by atoms with E-state index in [4.69, 9.17) is 14.2 Å². The van der Waals surface area contributed by atoms with Crippen LogP contribution in [0.3, 0.4) is 0 Å². The predicted octanol–water partition coefficient (Wildman–Crippen LogP) is 4.30. The molecule has 0 aliphatic carbocycles. The fraction of sp³-hybridized carbons (Fsp3) is 0.308. The molecule has 4 rings (SSSR count). The Kier molecular flexibility index (Phi) is 7.20. The van der Waals surface area contributed by atoms with Crippen molar-refractivity contribution in [1.29, 1.82) is 0 Å². The van der Waals surface area contributed by atoms with Gasteiger partial charge in [0, 0.05) is 19.6 Å². The number of nitrogens with zero attached hydrogens (tertiary/aromatic N) is 1. The monoisotopic (exact) mass is 419 g/mol. The van der Waals surface area contributed by atoms with E-state index in [9.17, 15) is 5.11 Å². The summed E-state index contributed by atoms with van der Waals surface area (Å²) in [5.74, 6) is 1.56. The van der Waals surface area contributed by atoms with Crippen molar-refractivity contribution in [3.05, 3.63) is 95.1 Å². The van der Waals surface area contributed by atoms with E-state index < -0.39 is 6.10 Å². The van der Waals surface area contributed by atoms with Crippen molar-refractivity contribution >= 4 is 0 Å². The molecule has 0 saturated carbocycles. The topological polar surface area (TPSA) is 51.2 Å². The highest BCUT2D eigenvalue weighted by Crippen LogP contribution is 2.33. The minimum atomic E-state index is -0.580. The molecule has 0 fully saturated rings. The van der Waals surface area contributed by atoms with Crippen LogP contribution in [-0.4, -0.2) is 36.1 Å². The number of benzene rings is 3. The third kappa shape index (κ3) is 6.31. The van der Waals surface area contributed by atoms with Gasteiger partial charge in [0.2, 0.25) is 6.79 Å². The van der Waals surface area contributed by atoms with E-state index in [1.54, 1.807) is 0 Å². The number of hydrogen-bond donors (Lipinski definition) is 1. The molecule has 1 atom stereocenters. The summed E-state index contributed by atoms with van der Waals surface area (Å²) in [6, 6.07) is 24.5. The van der Waals surface area contributed by atoms with E-state index in [-0.39, 0.29) is 6.79 Å². The molecule has 0 amide bonds. The van der Waals surface area contributed by atoms with Gasteiger partial charge in [-0.1, -0.05) is 66.2 Å². The summed E-state index contributed by atoms with van der Waals surface area (Å²) in [5.41, 5.74) is 4.67. The molecule has 5 heteroatoms. The fourth-order valence-corrected chi connectivity index (χ4v) is 3.67. The van der Waals surface area contributed by atoms with Gasteiger partial charge in [0.15, 0.2) is 11.5 Å². The Bertz CT molecular complexity index is 959. The molecule has 3 aromatic rings. The number of rotatable bonds is 10. The lowest BCUT2D eigenvalue weighted by Gasteiger charge is -2.25. The molecule has 1 aliphatic rings. The second kappa shape index (κ2) is 10.4. The van der Waals surface area contributed by atoms with Crippen molar-refractivity contribution in [2.24, 2.45) is 0 Å². The Morgan fingerprint density at radius 1 is 0.871 bits per heavy atom. The smallest absolute Gasteiger partial charge is 0.231 e. The van der Waals surface area contributed by atoms with Crippen LogP contribution in [0.2, 0.25) is 0 Å². The highest BCUT2D eigenvalue weighted by molar-refractivity contribution is 5.44. The highest BCUT2D eigenvalue weighted by atomic mass is 16.7. The van der Waals surface area contributed by atoms with Gasteiger partial charge in [-0.2, -0.15) is 0 Å². The molecular formula is C26H29NO4. The Morgan fingerprint density at radius 2 is 1.58 bits per heavy atom. The molecule has 0 radical (unpaired) electrons. The lowest BCUT2D eigenvalue weighted by Crippen LogP contribution is -2.34. The Hall–Kier alpha value is -2.86. The minimum Gasteiger partial charge on any atom is -0.454 e. The normalized spacial score (nSPS) is 13.5. The summed E-state index contributed by atoms with van der Waals surface area (Å²) in [5, 5.41) is 10.6. The molecule has 0 spiro atoms. The van der Waals surface area contributed by atoms with Gasteiger partial charge in [0.25, 0.3) is 0 Å². The molecule has 3 aromatic carbocycles. The summed E-state index contributed by atoms with van der Waals surface area (Å²) < 4.78 is 16.7. The van der Waals surface area contributed by atoms with Crippen LogP contribution in [0, 0.1) is 6.92 Å². The summed E-state index contributed by atoms with van der Waals surface area (Å²) in [6.07, 6.45) is -0.580. The molecule has 1 aliphatic heterocycles. The first kappa shape index (κ1) is 21.4. The van der Waals surface area contributed by atoms with Crippen LogP contribution in [0.5, 0.6) is 11.5 Å². The first-order valence-electron chi connectivity index (χ1n) is 10.6. The number of aliphatic hydroxyl groups is 1. The van der Waals surface area contributed by atoms with Crippen molar-refractivity contribution in [2.45, 2.75) is 32.7 Å². The maximum Gasteiger partial charge on any atom is 0.231 e. The highest BCUT2D eigenvalue weighted by Gasteiger charge is 2.17. The van der Waals surface area contributed by atoms with E-state index in [2.05, 4.69) is 36.1 Å². The molecule has 1 heterocycles. The molecule has 0 unspecified atom stereocenters. The van der Waals surface area contributed by atoms with E-state index in [0.717, 1.165) is 29.2 Å². The van der Waals surface area contributed by atoms with Gasteiger partial charge in [0.05, 0.1) is 19.3 Å². The Balaban J connectivity index is 1.38. The fourth-order valence-electron chi connectivity index (χ4n) is 3.67. The SMILES string of the molecule is Cc1ccc(CN(Cc2ccc3c(c2)OCO3)C[C@H](O)COCc2ccccc2)cc1. The summed E-state index contributed by atoms with van der Waals surface area (Å²) >= 11 is 0. The van der Waals surface area contributed by atoms with Crippen molar-refractivity contribution in [3.8, 4) is 11.5 Å². The van der Waals surface area contributed by atoms with Gasteiger partial charge >= 0.3 is 0 Å². The standard InChI is InChI=1S/C26H29NO4/c1-20-7-9-21(10-8-20)14-27(15-23-11-12-25-26(13-23)31-19-30-25)16-24(28)18-29-17-22-5-3-2-4-6-22/h2-13,24,28H,14-19H2,1H3/t24-/m0/s1. The van der Waals surface area contributed by atoms with Gasteiger partial charge in [-0.3, -0.25) is 4.90 Å². The quantitative estimate of drug-likeness (QED) is 0.531. The zero-order valence-electron chi connectivity index (χ0n) is 17.9. The van der Waals surface area contributed by atoms with Crippen LogP contribution >= 0.6 is 0 Å². The van der Waals surface area contributed by atoms with Gasteiger partial charge in [-0.25, -0.2) is 0 Å². The zero-order valence-corrected chi connectivity index (χ0v) is 17.9. The Labute approximate surface area is 183 Å². The summed E-state index contributed by atoms with van der Waals surface area (Å²) in [4.78, 5) is 2.23. The lowest BCUT2D eigenvalue weighted by atomic mass is 10.1. The van der Waals surface area contributed by atoms with Crippen LogP contribution in [0.15, 0.2) is 72.8 Å². The average Bonchev–Trinajstić information content (AvgIpc) is 3.24. The van der Waals surface area contributed by atoms with E-state index >= 15 is 0 Å². The molecule has 0 bridgehead atoms. The second-order valence-electron chi connectivity index (χ2n) is 8.00. The number of ether oxygens (including phenoxy) is 3. The molecular weight excluding hydrogens is 390 g/mol. The van der Waals surface area contributed by atoms with Crippen LogP contribution in [-0.2, 0) is 24.4 Å². The largest absolute Gasteiger partial charge is 0.454 e. The van der Waals surface area contributed by atoms with E-state index in [1.165, 1.54) is 11.1 Å². The third-order valence-electron chi connectivity index (χ3n) is 5.26. The number of aryl methyl sites for hydroxylation is 1. The maximum absolute atomic E-state index is 10.6. The van der Waals surface area contributed by atoms with Crippen molar-refractivity contribution in [3.63, 3.8) is 0 Å². The van der Waals surface area contributed by atoms with Crippen LogP contribution in [0.25, 0.3) is 0 Å². The summed E-state index contributed by atoms with van der Waals surface area (Å²) in [6.45, 7) is 5.09. The molecule has 0 saturated heterocycles. The van der Waals surface area contributed by atoms with Crippen molar-refractivity contribution < 1.29 is 19.3 Å². The lowest BCUT2D eigenvalue weighted by molar-refractivity contribution is 0.00712. The van der Waals surface area contributed by atoms with Gasteiger partial charge in [0.1, 0.15) is 0 Å². The number of fused-ring (bicyclic) bond motifs is 1. The van der Waals surface area contributed by atoms with Crippen LogP contribution in [0.1, 0.15) is 22.3 Å². The van der Waals surface area contributed by atoms with E-state index in [1.807, 2.05) is 48.5 Å². The van der Waals surface area contributed by atoms with Crippen LogP contribution in [0.4, 0.5) is 0 Å². The van der Waals surface area contributed by atoms with E-state index in [0.29, 0.717) is 26.3 Å². The number of hydrogen-bond acceptors (Lipinski definition) is 5. The van der Waals surface area contributed by atoms with Gasteiger partial charge in [-0.05, 0) is 35.7 Å². The first-order chi connectivity index (χ1) is 15.2. The minimum absolute atomic E-state index is 0.267. The van der Waals surface area contributed by atoms with Gasteiger partial charge in [-0.15, -0.1) is 0 Å². The predicted molar refractivity (Wildman–Crippen MR) is 120 cm³/mol. The first-order valence-corrected chi connectivity index (χ1v) is 10.6. The van der Waals surface area contributed by atoms with Crippen LogP contribution < -0.4 is 9.47 Å². The zero-order chi connectivity index (χ0) is 21.5.